The van der Waals surface area contributed by atoms with E-state index >= 15 is 0 Å². The lowest BCUT2D eigenvalue weighted by molar-refractivity contribution is 0.393. The minimum atomic E-state index is -0.109. The van der Waals surface area contributed by atoms with E-state index in [2.05, 4.69) is 25.9 Å². The first-order chi connectivity index (χ1) is 11.2. The third-order valence-electron chi connectivity index (χ3n) is 5.12. The van der Waals surface area contributed by atoms with Crippen LogP contribution in [-0.4, -0.2) is 28.0 Å². The Morgan fingerprint density at radius 3 is 2.87 bits per heavy atom. The summed E-state index contributed by atoms with van der Waals surface area (Å²) in [6.07, 6.45) is 7.94. The van der Waals surface area contributed by atoms with E-state index in [0.29, 0.717) is 11.2 Å². The van der Waals surface area contributed by atoms with Crippen LogP contribution in [0.2, 0.25) is 0 Å². The Morgan fingerprint density at radius 2 is 2.17 bits per heavy atom. The molecule has 0 bridgehead atoms. The molecule has 1 aliphatic carbocycles. The lowest BCUT2D eigenvalue weighted by Crippen LogP contribution is -2.36. The Bertz CT molecular complexity index is 761. The molecular formula is C18H22N4O. The number of hydrogen-bond donors (Lipinski definition) is 1. The molecule has 2 fully saturated rings. The van der Waals surface area contributed by atoms with E-state index < -0.39 is 0 Å². The van der Waals surface area contributed by atoms with Gasteiger partial charge in [-0.2, -0.15) is 0 Å². The van der Waals surface area contributed by atoms with Gasteiger partial charge in [-0.3, -0.25) is 4.79 Å². The summed E-state index contributed by atoms with van der Waals surface area (Å²) in [5, 5.41) is 0. The molecule has 5 heteroatoms. The van der Waals surface area contributed by atoms with Gasteiger partial charge >= 0.3 is 0 Å². The summed E-state index contributed by atoms with van der Waals surface area (Å²) < 4.78 is 0. The van der Waals surface area contributed by atoms with E-state index in [9.17, 15) is 4.79 Å². The third-order valence-corrected chi connectivity index (χ3v) is 5.12. The zero-order valence-corrected chi connectivity index (χ0v) is 13.5. The normalized spacial score (nSPS) is 19.1. The van der Waals surface area contributed by atoms with Crippen molar-refractivity contribution in [3.63, 3.8) is 0 Å². The van der Waals surface area contributed by atoms with Crippen LogP contribution in [0, 0.1) is 5.41 Å². The SMILES string of the molecule is CCc1cc(=O)[nH]c(-c2ccc(N3CCCC4(CC4)C3)nc2)n1. The van der Waals surface area contributed by atoms with Crippen LogP contribution in [0.1, 0.15) is 38.3 Å². The van der Waals surface area contributed by atoms with Gasteiger partial charge in [0.2, 0.25) is 0 Å². The second-order valence-electron chi connectivity index (χ2n) is 6.87. The number of nitrogens with one attached hydrogen (secondary N) is 1. The molecule has 2 aromatic heterocycles. The van der Waals surface area contributed by atoms with Crippen LogP contribution in [0.4, 0.5) is 5.82 Å². The molecule has 1 aliphatic heterocycles. The van der Waals surface area contributed by atoms with Crippen LogP contribution >= 0.6 is 0 Å². The Balaban J connectivity index is 1.58. The maximum absolute atomic E-state index is 11.7. The number of rotatable bonds is 3. The van der Waals surface area contributed by atoms with Gasteiger partial charge in [0.1, 0.15) is 11.6 Å². The molecule has 1 saturated carbocycles. The highest BCUT2D eigenvalue weighted by molar-refractivity contribution is 5.56. The lowest BCUT2D eigenvalue weighted by Gasteiger charge is -2.33. The number of aromatic nitrogens is 3. The standard InChI is InChI=1S/C18H22N4O/c1-2-14-10-16(23)21-17(20-14)13-4-5-15(19-11-13)22-9-3-6-18(12-22)7-8-18/h4-5,10-11H,2-3,6-9,12H2,1H3,(H,20,21,23). The maximum atomic E-state index is 11.7. The number of aromatic amines is 1. The summed E-state index contributed by atoms with van der Waals surface area (Å²) in [6, 6.07) is 5.61. The average Bonchev–Trinajstić information content (AvgIpc) is 3.33. The number of nitrogens with zero attached hydrogens (tertiary/aromatic N) is 3. The number of pyridine rings is 1. The van der Waals surface area contributed by atoms with Gasteiger partial charge in [-0.25, -0.2) is 9.97 Å². The molecule has 5 nitrogen and oxygen atoms in total. The van der Waals surface area contributed by atoms with Gasteiger partial charge in [0.15, 0.2) is 0 Å². The first kappa shape index (κ1) is 14.4. The second kappa shape index (κ2) is 5.48. The van der Waals surface area contributed by atoms with E-state index in [1.165, 1.54) is 25.7 Å². The van der Waals surface area contributed by atoms with Crippen molar-refractivity contribution in [2.75, 3.05) is 18.0 Å². The van der Waals surface area contributed by atoms with Gasteiger partial charge in [-0.05, 0) is 49.7 Å². The molecule has 0 amide bonds. The fourth-order valence-electron chi connectivity index (χ4n) is 3.53. The first-order valence-corrected chi connectivity index (χ1v) is 8.49. The molecule has 2 aliphatic rings. The van der Waals surface area contributed by atoms with Crippen LogP contribution in [0.3, 0.4) is 0 Å². The molecular weight excluding hydrogens is 288 g/mol. The van der Waals surface area contributed by atoms with Crippen molar-refractivity contribution in [3.8, 4) is 11.4 Å². The molecule has 0 aromatic carbocycles. The van der Waals surface area contributed by atoms with Crippen molar-refractivity contribution in [2.45, 2.75) is 39.0 Å². The largest absolute Gasteiger partial charge is 0.356 e. The van der Waals surface area contributed by atoms with Crippen molar-refractivity contribution in [2.24, 2.45) is 5.41 Å². The van der Waals surface area contributed by atoms with Crippen LogP contribution in [0.15, 0.2) is 29.2 Å². The summed E-state index contributed by atoms with van der Waals surface area (Å²) in [5.74, 6) is 1.64. The highest BCUT2D eigenvalue weighted by Gasteiger charge is 2.45. The summed E-state index contributed by atoms with van der Waals surface area (Å²) in [6.45, 7) is 4.23. The fraction of sp³-hybridized carbons (Fsp3) is 0.500. The van der Waals surface area contributed by atoms with Gasteiger partial charge in [0, 0.05) is 36.6 Å². The number of aryl methyl sites for hydroxylation is 1. The molecule has 0 radical (unpaired) electrons. The van der Waals surface area contributed by atoms with Crippen LogP contribution < -0.4 is 10.5 Å². The summed E-state index contributed by atoms with van der Waals surface area (Å²) in [4.78, 5) is 26.0. The second-order valence-corrected chi connectivity index (χ2v) is 6.87. The summed E-state index contributed by atoms with van der Waals surface area (Å²) in [5.41, 5.74) is 2.14. The van der Waals surface area contributed by atoms with Crippen molar-refractivity contribution in [3.05, 3.63) is 40.4 Å². The van der Waals surface area contributed by atoms with Crippen molar-refractivity contribution >= 4 is 5.82 Å². The monoisotopic (exact) mass is 310 g/mol. The predicted molar refractivity (Wildman–Crippen MR) is 90.6 cm³/mol. The quantitative estimate of drug-likeness (QED) is 0.947. The van der Waals surface area contributed by atoms with E-state index in [1.54, 1.807) is 6.07 Å². The first-order valence-electron chi connectivity index (χ1n) is 8.49. The van der Waals surface area contributed by atoms with Gasteiger partial charge < -0.3 is 9.88 Å². The van der Waals surface area contributed by atoms with Crippen molar-refractivity contribution in [1.29, 1.82) is 0 Å². The zero-order chi connectivity index (χ0) is 15.9. The zero-order valence-electron chi connectivity index (χ0n) is 13.5. The minimum absolute atomic E-state index is 0.109. The Labute approximate surface area is 135 Å². The lowest BCUT2D eigenvalue weighted by atomic mass is 9.95. The molecule has 2 aromatic rings. The smallest absolute Gasteiger partial charge is 0.251 e. The molecule has 4 rings (SSSR count). The van der Waals surface area contributed by atoms with E-state index in [0.717, 1.165) is 36.6 Å². The molecule has 0 unspecified atom stereocenters. The predicted octanol–water partition coefficient (Wildman–Crippen LogP) is 2.77. The number of H-pyrrole nitrogens is 1. The van der Waals surface area contributed by atoms with Crippen LogP contribution in [0.5, 0.6) is 0 Å². The molecule has 1 saturated heterocycles. The molecule has 0 atom stereocenters. The molecule has 3 heterocycles. The number of anilines is 1. The molecule has 120 valence electrons. The minimum Gasteiger partial charge on any atom is -0.356 e. The van der Waals surface area contributed by atoms with Gasteiger partial charge in [-0.15, -0.1) is 0 Å². The van der Waals surface area contributed by atoms with E-state index in [-0.39, 0.29) is 5.56 Å². The summed E-state index contributed by atoms with van der Waals surface area (Å²) >= 11 is 0. The van der Waals surface area contributed by atoms with E-state index in [4.69, 9.17) is 0 Å². The van der Waals surface area contributed by atoms with Crippen LogP contribution in [0.25, 0.3) is 11.4 Å². The average molecular weight is 310 g/mol. The van der Waals surface area contributed by atoms with Crippen molar-refractivity contribution in [1.82, 2.24) is 15.0 Å². The van der Waals surface area contributed by atoms with Gasteiger partial charge in [-0.1, -0.05) is 6.92 Å². The topological polar surface area (TPSA) is 61.9 Å². The highest BCUT2D eigenvalue weighted by atomic mass is 16.1. The van der Waals surface area contributed by atoms with E-state index in [1.807, 2.05) is 19.2 Å². The van der Waals surface area contributed by atoms with Gasteiger partial charge in [0.25, 0.3) is 5.56 Å². The Hall–Kier alpha value is -2.17. The van der Waals surface area contributed by atoms with Crippen LogP contribution in [-0.2, 0) is 6.42 Å². The van der Waals surface area contributed by atoms with Gasteiger partial charge in [0.05, 0.1) is 0 Å². The maximum Gasteiger partial charge on any atom is 0.251 e. The Morgan fingerprint density at radius 1 is 1.30 bits per heavy atom. The molecule has 1 spiro atoms. The molecule has 1 N–H and O–H groups in total. The fourth-order valence-corrected chi connectivity index (χ4v) is 3.53. The van der Waals surface area contributed by atoms with Crippen molar-refractivity contribution < 1.29 is 0 Å². The summed E-state index contributed by atoms with van der Waals surface area (Å²) in [7, 11) is 0. The third kappa shape index (κ3) is 2.87. The Kier molecular flexibility index (Phi) is 3.43. The number of hydrogen-bond acceptors (Lipinski definition) is 4. The number of piperidine rings is 1. The molecule has 23 heavy (non-hydrogen) atoms. The highest BCUT2D eigenvalue weighted by Crippen LogP contribution is 2.52.